The van der Waals surface area contributed by atoms with Gasteiger partial charge in [0.2, 0.25) is 0 Å². The summed E-state index contributed by atoms with van der Waals surface area (Å²) >= 11 is 0. The Kier molecular flexibility index (Phi) is 5.06. The molecule has 2 fully saturated rings. The molecule has 2 atom stereocenters. The van der Waals surface area contributed by atoms with Crippen molar-refractivity contribution < 1.29 is 4.74 Å². The number of hydrogen-bond donors (Lipinski definition) is 1. The fourth-order valence-corrected chi connectivity index (χ4v) is 3.31. The lowest BCUT2D eigenvalue weighted by Gasteiger charge is -2.34. The molecule has 0 amide bonds. The zero-order valence-corrected chi connectivity index (χ0v) is 12.3. The number of benzene rings is 1. The van der Waals surface area contributed by atoms with E-state index in [0.717, 1.165) is 32.1 Å². The molecule has 1 aromatic carbocycles. The summed E-state index contributed by atoms with van der Waals surface area (Å²) in [5, 5.41) is 3.66. The van der Waals surface area contributed by atoms with Crippen LogP contribution < -0.4 is 5.32 Å². The maximum atomic E-state index is 5.47. The van der Waals surface area contributed by atoms with Crippen LogP contribution in [0.5, 0.6) is 0 Å². The van der Waals surface area contributed by atoms with Crippen LogP contribution in [0.2, 0.25) is 0 Å². The van der Waals surface area contributed by atoms with E-state index in [1.165, 1.54) is 38.0 Å². The smallest absolute Gasteiger partial charge is 0.0495 e. The van der Waals surface area contributed by atoms with Crippen molar-refractivity contribution in [1.29, 1.82) is 0 Å². The van der Waals surface area contributed by atoms with Gasteiger partial charge in [-0.15, -0.1) is 0 Å². The fourth-order valence-electron chi connectivity index (χ4n) is 3.31. The van der Waals surface area contributed by atoms with Crippen LogP contribution in [0.25, 0.3) is 0 Å². The predicted octanol–water partition coefficient (Wildman–Crippen LogP) is 1.93. The van der Waals surface area contributed by atoms with Gasteiger partial charge in [-0.3, -0.25) is 0 Å². The summed E-state index contributed by atoms with van der Waals surface area (Å²) in [5.41, 5.74) is 1.44. The van der Waals surface area contributed by atoms with Gasteiger partial charge >= 0.3 is 0 Å². The maximum Gasteiger partial charge on any atom is 0.0495 e. The normalized spacial score (nSPS) is 27.8. The molecule has 20 heavy (non-hydrogen) atoms. The monoisotopic (exact) mass is 274 g/mol. The SMILES string of the molecule is c1ccc(CC2CN(CCC3CCOC3)CCN2)cc1. The molecule has 0 aliphatic carbocycles. The van der Waals surface area contributed by atoms with Crippen LogP contribution in [0, 0.1) is 5.92 Å². The Morgan fingerprint density at radius 3 is 2.95 bits per heavy atom. The highest BCUT2D eigenvalue weighted by Crippen LogP contribution is 2.17. The van der Waals surface area contributed by atoms with Gasteiger partial charge in [0.05, 0.1) is 0 Å². The Bertz CT molecular complexity index is 389. The molecule has 2 unspecified atom stereocenters. The Balaban J connectivity index is 1.44. The maximum absolute atomic E-state index is 5.47. The molecular weight excluding hydrogens is 248 g/mol. The molecule has 2 aliphatic heterocycles. The third-order valence-electron chi connectivity index (χ3n) is 4.54. The van der Waals surface area contributed by atoms with Crippen LogP contribution in [0.4, 0.5) is 0 Å². The largest absolute Gasteiger partial charge is 0.381 e. The molecule has 0 radical (unpaired) electrons. The first kappa shape index (κ1) is 14.1. The molecule has 0 spiro atoms. The lowest BCUT2D eigenvalue weighted by atomic mass is 10.0. The molecule has 1 aromatic rings. The van der Waals surface area contributed by atoms with Crippen LogP contribution in [-0.4, -0.2) is 50.3 Å². The molecule has 3 rings (SSSR count). The van der Waals surface area contributed by atoms with Crippen LogP contribution >= 0.6 is 0 Å². The van der Waals surface area contributed by atoms with Crippen molar-refractivity contribution in [3.8, 4) is 0 Å². The first-order valence-electron chi connectivity index (χ1n) is 7.97. The van der Waals surface area contributed by atoms with Crippen LogP contribution in [0.3, 0.4) is 0 Å². The van der Waals surface area contributed by atoms with E-state index in [1.54, 1.807) is 0 Å². The standard InChI is InChI=1S/C17H26N2O/c1-2-4-15(5-3-1)12-17-13-19(10-8-18-17)9-6-16-7-11-20-14-16/h1-5,16-18H,6-14H2. The Morgan fingerprint density at radius 1 is 1.25 bits per heavy atom. The van der Waals surface area contributed by atoms with Crippen LogP contribution in [-0.2, 0) is 11.2 Å². The summed E-state index contributed by atoms with van der Waals surface area (Å²) in [5.74, 6) is 0.803. The average molecular weight is 274 g/mol. The molecular formula is C17H26N2O. The number of hydrogen-bond acceptors (Lipinski definition) is 3. The minimum Gasteiger partial charge on any atom is -0.381 e. The number of rotatable bonds is 5. The van der Waals surface area contributed by atoms with Crippen LogP contribution in [0.1, 0.15) is 18.4 Å². The number of piperazine rings is 1. The second kappa shape index (κ2) is 7.21. The zero-order chi connectivity index (χ0) is 13.6. The van der Waals surface area contributed by atoms with Crippen molar-refractivity contribution in [2.45, 2.75) is 25.3 Å². The summed E-state index contributed by atoms with van der Waals surface area (Å²) in [7, 11) is 0. The van der Waals surface area contributed by atoms with Crippen molar-refractivity contribution in [2.24, 2.45) is 5.92 Å². The molecule has 0 bridgehead atoms. The van der Waals surface area contributed by atoms with Gasteiger partial charge in [-0.05, 0) is 37.3 Å². The van der Waals surface area contributed by atoms with Gasteiger partial charge in [-0.1, -0.05) is 30.3 Å². The molecule has 0 aromatic heterocycles. The third kappa shape index (κ3) is 4.05. The molecule has 0 saturated carbocycles. The molecule has 110 valence electrons. The van der Waals surface area contributed by atoms with E-state index >= 15 is 0 Å². The molecule has 3 nitrogen and oxygen atoms in total. The summed E-state index contributed by atoms with van der Waals surface area (Å²) in [6, 6.07) is 11.4. The third-order valence-corrected chi connectivity index (χ3v) is 4.54. The molecule has 2 heterocycles. The van der Waals surface area contributed by atoms with E-state index in [4.69, 9.17) is 4.74 Å². The molecule has 1 N–H and O–H groups in total. The number of nitrogens with zero attached hydrogens (tertiary/aromatic N) is 1. The summed E-state index contributed by atoms with van der Waals surface area (Å²) < 4.78 is 5.47. The van der Waals surface area contributed by atoms with E-state index in [0.29, 0.717) is 6.04 Å². The Hall–Kier alpha value is -0.900. The second-order valence-electron chi connectivity index (χ2n) is 6.16. The summed E-state index contributed by atoms with van der Waals surface area (Å²) in [6.07, 6.45) is 3.71. The highest BCUT2D eigenvalue weighted by molar-refractivity contribution is 5.16. The Morgan fingerprint density at radius 2 is 2.15 bits per heavy atom. The minimum absolute atomic E-state index is 0.603. The van der Waals surface area contributed by atoms with Gasteiger partial charge in [0, 0.05) is 38.9 Å². The average Bonchev–Trinajstić information content (AvgIpc) is 3.00. The van der Waals surface area contributed by atoms with Gasteiger partial charge < -0.3 is 15.0 Å². The first-order chi connectivity index (χ1) is 9.90. The number of nitrogens with one attached hydrogen (secondary N) is 1. The minimum atomic E-state index is 0.603. The van der Waals surface area contributed by atoms with E-state index in [1.807, 2.05) is 0 Å². The summed E-state index contributed by atoms with van der Waals surface area (Å²) in [6.45, 7) is 6.70. The predicted molar refractivity (Wildman–Crippen MR) is 81.9 cm³/mol. The molecule has 2 aliphatic rings. The van der Waals surface area contributed by atoms with E-state index in [9.17, 15) is 0 Å². The second-order valence-corrected chi connectivity index (χ2v) is 6.16. The first-order valence-corrected chi connectivity index (χ1v) is 7.97. The van der Waals surface area contributed by atoms with Crippen molar-refractivity contribution in [1.82, 2.24) is 10.2 Å². The topological polar surface area (TPSA) is 24.5 Å². The van der Waals surface area contributed by atoms with Gasteiger partial charge in [0.15, 0.2) is 0 Å². The number of ether oxygens (including phenoxy) is 1. The van der Waals surface area contributed by atoms with Crippen molar-refractivity contribution in [3.63, 3.8) is 0 Å². The Labute approximate surface area is 122 Å². The van der Waals surface area contributed by atoms with Crippen LogP contribution in [0.15, 0.2) is 30.3 Å². The van der Waals surface area contributed by atoms with Gasteiger partial charge in [-0.2, -0.15) is 0 Å². The highest BCUT2D eigenvalue weighted by atomic mass is 16.5. The lowest BCUT2D eigenvalue weighted by Crippen LogP contribution is -2.51. The van der Waals surface area contributed by atoms with Crippen molar-refractivity contribution in [3.05, 3.63) is 35.9 Å². The van der Waals surface area contributed by atoms with Crippen molar-refractivity contribution >= 4 is 0 Å². The summed E-state index contributed by atoms with van der Waals surface area (Å²) in [4.78, 5) is 2.63. The zero-order valence-electron chi connectivity index (χ0n) is 12.3. The van der Waals surface area contributed by atoms with E-state index < -0.39 is 0 Å². The van der Waals surface area contributed by atoms with Gasteiger partial charge in [-0.25, -0.2) is 0 Å². The molecule has 3 heteroatoms. The molecule has 2 saturated heterocycles. The lowest BCUT2D eigenvalue weighted by molar-refractivity contribution is 0.166. The van der Waals surface area contributed by atoms with E-state index in [2.05, 4.69) is 40.5 Å². The van der Waals surface area contributed by atoms with Gasteiger partial charge in [0.25, 0.3) is 0 Å². The van der Waals surface area contributed by atoms with Crippen molar-refractivity contribution in [2.75, 3.05) is 39.4 Å². The fraction of sp³-hybridized carbons (Fsp3) is 0.647. The van der Waals surface area contributed by atoms with Gasteiger partial charge in [0.1, 0.15) is 0 Å². The quantitative estimate of drug-likeness (QED) is 0.888. The van der Waals surface area contributed by atoms with E-state index in [-0.39, 0.29) is 0 Å². The highest BCUT2D eigenvalue weighted by Gasteiger charge is 2.21.